The van der Waals surface area contributed by atoms with Crippen LogP contribution in [-0.2, 0) is 4.79 Å². The number of benzene rings is 1. The molecule has 20 heavy (non-hydrogen) atoms. The third-order valence-electron chi connectivity index (χ3n) is 3.84. The third-order valence-corrected chi connectivity index (χ3v) is 3.84. The average Bonchev–Trinajstić information content (AvgIpc) is 3.28. The number of hydrogen-bond acceptors (Lipinski definition) is 3. The second-order valence-electron chi connectivity index (χ2n) is 5.91. The summed E-state index contributed by atoms with van der Waals surface area (Å²) in [7, 11) is 0. The zero-order valence-electron chi connectivity index (χ0n) is 12.0. The van der Waals surface area contributed by atoms with Crippen LogP contribution in [0.1, 0.15) is 38.3 Å². The molecule has 0 unspecified atom stereocenters. The van der Waals surface area contributed by atoms with Gasteiger partial charge in [-0.3, -0.25) is 4.79 Å². The first-order chi connectivity index (χ1) is 9.65. The molecule has 1 atom stereocenters. The first kappa shape index (κ1) is 13.3. The van der Waals surface area contributed by atoms with Gasteiger partial charge in [0.15, 0.2) is 11.5 Å². The Kier molecular flexibility index (Phi) is 3.55. The molecule has 1 amide bonds. The molecule has 4 heteroatoms. The van der Waals surface area contributed by atoms with E-state index in [1.54, 1.807) is 0 Å². The van der Waals surface area contributed by atoms with E-state index in [1.807, 2.05) is 18.2 Å². The zero-order valence-corrected chi connectivity index (χ0v) is 12.0. The van der Waals surface area contributed by atoms with Crippen LogP contribution in [0.3, 0.4) is 0 Å². The van der Waals surface area contributed by atoms with Crippen LogP contribution in [0.4, 0.5) is 0 Å². The molecule has 1 aliphatic heterocycles. The molecule has 4 nitrogen and oxygen atoms in total. The molecular weight excluding hydrogens is 254 g/mol. The van der Waals surface area contributed by atoms with Crippen molar-refractivity contribution in [3.05, 3.63) is 23.8 Å². The summed E-state index contributed by atoms with van der Waals surface area (Å²) in [5.74, 6) is 2.31. The van der Waals surface area contributed by atoms with Gasteiger partial charge in [-0.25, -0.2) is 0 Å². The smallest absolute Gasteiger partial charge is 0.223 e. The number of hydrogen-bond donors (Lipinski definition) is 1. The lowest BCUT2D eigenvalue weighted by Gasteiger charge is -2.25. The summed E-state index contributed by atoms with van der Waals surface area (Å²) in [6, 6.07) is 5.97. The topological polar surface area (TPSA) is 47.6 Å². The van der Waals surface area contributed by atoms with Gasteiger partial charge >= 0.3 is 0 Å². The van der Waals surface area contributed by atoms with Gasteiger partial charge in [0.1, 0.15) is 13.2 Å². The molecule has 1 fully saturated rings. The van der Waals surface area contributed by atoms with Crippen LogP contribution in [0.5, 0.6) is 11.5 Å². The minimum absolute atomic E-state index is 0.0268. The second-order valence-corrected chi connectivity index (χ2v) is 5.91. The van der Waals surface area contributed by atoms with Gasteiger partial charge in [-0.2, -0.15) is 0 Å². The number of carbonyl (C=O) groups excluding carboxylic acids is 1. The third kappa shape index (κ3) is 2.74. The summed E-state index contributed by atoms with van der Waals surface area (Å²) in [6.45, 7) is 5.42. The summed E-state index contributed by atoms with van der Waals surface area (Å²) < 4.78 is 11.2. The number of fused-ring (bicyclic) bond motifs is 1. The Labute approximate surface area is 119 Å². The van der Waals surface area contributed by atoms with Gasteiger partial charge in [0.2, 0.25) is 5.91 Å². The lowest BCUT2D eigenvalue weighted by Crippen LogP contribution is -2.32. The highest BCUT2D eigenvalue weighted by Gasteiger charge is 2.32. The van der Waals surface area contributed by atoms with Gasteiger partial charge in [-0.1, -0.05) is 19.9 Å². The summed E-state index contributed by atoms with van der Waals surface area (Å²) in [6.07, 6.45) is 2.05. The van der Waals surface area contributed by atoms with Crippen LogP contribution in [0, 0.1) is 11.8 Å². The van der Waals surface area contributed by atoms with Crippen molar-refractivity contribution >= 4 is 5.91 Å². The van der Waals surface area contributed by atoms with E-state index in [0.29, 0.717) is 19.1 Å². The number of carbonyl (C=O) groups is 1. The van der Waals surface area contributed by atoms with E-state index in [4.69, 9.17) is 9.47 Å². The first-order valence-electron chi connectivity index (χ1n) is 7.35. The molecule has 3 rings (SSSR count). The predicted molar refractivity (Wildman–Crippen MR) is 75.9 cm³/mol. The van der Waals surface area contributed by atoms with E-state index < -0.39 is 0 Å². The van der Waals surface area contributed by atoms with Gasteiger partial charge in [-0.15, -0.1) is 0 Å². The van der Waals surface area contributed by atoms with Crippen molar-refractivity contribution in [2.45, 2.75) is 32.7 Å². The van der Waals surface area contributed by atoms with Crippen molar-refractivity contribution in [3.8, 4) is 11.5 Å². The monoisotopic (exact) mass is 275 g/mol. The molecule has 1 aromatic rings. The molecule has 1 aromatic carbocycles. The van der Waals surface area contributed by atoms with Crippen LogP contribution in [0.2, 0.25) is 0 Å². The minimum Gasteiger partial charge on any atom is -0.486 e. The first-order valence-corrected chi connectivity index (χ1v) is 7.35. The van der Waals surface area contributed by atoms with Crippen molar-refractivity contribution in [2.75, 3.05) is 13.2 Å². The van der Waals surface area contributed by atoms with Crippen molar-refractivity contribution in [1.29, 1.82) is 0 Å². The Hall–Kier alpha value is -1.71. The molecular formula is C16H21NO3. The molecule has 0 spiro atoms. The Morgan fingerprint density at radius 3 is 2.55 bits per heavy atom. The van der Waals surface area contributed by atoms with Crippen molar-refractivity contribution < 1.29 is 14.3 Å². The van der Waals surface area contributed by atoms with Crippen molar-refractivity contribution in [1.82, 2.24) is 5.32 Å². The normalized spacial score (nSPS) is 18.8. The number of amides is 1. The molecule has 108 valence electrons. The molecule has 0 bridgehead atoms. The maximum absolute atomic E-state index is 12.0. The van der Waals surface area contributed by atoms with E-state index in [1.165, 1.54) is 0 Å². The molecule has 1 N–H and O–H groups in total. The van der Waals surface area contributed by atoms with Gasteiger partial charge in [0.05, 0.1) is 6.04 Å². The highest BCUT2D eigenvalue weighted by molar-refractivity contribution is 5.81. The Bertz CT molecular complexity index is 508. The molecule has 0 saturated heterocycles. The standard InChI is InChI=1S/C16H21NO3/c1-10(2)15(17-16(18)11-3-4-11)12-5-6-13-14(9-12)20-8-7-19-13/h5-6,9-11,15H,3-4,7-8H2,1-2H3,(H,17,18)/t15-/m0/s1. The van der Waals surface area contributed by atoms with Crippen LogP contribution in [0.25, 0.3) is 0 Å². The number of ether oxygens (including phenoxy) is 2. The van der Waals surface area contributed by atoms with E-state index in [9.17, 15) is 4.79 Å². The molecule has 2 aliphatic rings. The van der Waals surface area contributed by atoms with E-state index >= 15 is 0 Å². The van der Waals surface area contributed by atoms with Gasteiger partial charge in [0, 0.05) is 5.92 Å². The summed E-state index contributed by atoms with van der Waals surface area (Å²) in [5, 5.41) is 3.17. The van der Waals surface area contributed by atoms with E-state index in [0.717, 1.165) is 29.9 Å². The van der Waals surface area contributed by atoms with Gasteiger partial charge < -0.3 is 14.8 Å². The lowest BCUT2D eigenvalue weighted by molar-refractivity contribution is -0.123. The highest BCUT2D eigenvalue weighted by atomic mass is 16.6. The fourth-order valence-corrected chi connectivity index (χ4v) is 2.50. The van der Waals surface area contributed by atoms with Crippen LogP contribution < -0.4 is 14.8 Å². The fraction of sp³-hybridized carbons (Fsp3) is 0.562. The Morgan fingerprint density at radius 2 is 1.90 bits per heavy atom. The minimum atomic E-state index is 0.0268. The summed E-state index contributed by atoms with van der Waals surface area (Å²) in [5.41, 5.74) is 1.08. The van der Waals surface area contributed by atoms with Gasteiger partial charge in [-0.05, 0) is 36.5 Å². The largest absolute Gasteiger partial charge is 0.486 e. The van der Waals surface area contributed by atoms with Crippen LogP contribution >= 0.6 is 0 Å². The molecule has 0 aromatic heterocycles. The van der Waals surface area contributed by atoms with E-state index in [-0.39, 0.29) is 17.9 Å². The molecule has 1 heterocycles. The zero-order chi connectivity index (χ0) is 14.1. The highest BCUT2D eigenvalue weighted by Crippen LogP contribution is 2.35. The quantitative estimate of drug-likeness (QED) is 0.919. The summed E-state index contributed by atoms with van der Waals surface area (Å²) in [4.78, 5) is 12.0. The van der Waals surface area contributed by atoms with Gasteiger partial charge in [0.25, 0.3) is 0 Å². The predicted octanol–water partition coefficient (Wildman–Crippen LogP) is 2.68. The maximum atomic E-state index is 12.0. The summed E-state index contributed by atoms with van der Waals surface area (Å²) >= 11 is 0. The maximum Gasteiger partial charge on any atom is 0.223 e. The Morgan fingerprint density at radius 1 is 1.20 bits per heavy atom. The number of rotatable bonds is 4. The number of nitrogens with one attached hydrogen (secondary N) is 1. The van der Waals surface area contributed by atoms with Crippen LogP contribution in [0.15, 0.2) is 18.2 Å². The molecule has 0 radical (unpaired) electrons. The van der Waals surface area contributed by atoms with Crippen LogP contribution in [-0.4, -0.2) is 19.1 Å². The second kappa shape index (κ2) is 5.35. The fourth-order valence-electron chi connectivity index (χ4n) is 2.50. The average molecular weight is 275 g/mol. The van der Waals surface area contributed by atoms with Crippen molar-refractivity contribution in [2.24, 2.45) is 11.8 Å². The molecule has 1 aliphatic carbocycles. The van der Waals surface area contributed by atoms with E-state index in [2.05, 4.69) is 19.2 Å². The molecule has 1 saturated carbocycles. The Balaban J connectivity index is 1.81. The SMILES string of the molecule is CC(C)[C@H](NC(=O)C1CC1)c1ccc2c(c1)OCCO2. The van der Waals surface area contributed by atoms with Crippen molar-refractivity contribution in [3.63, 3.8) is 0 Å². The lowest BCUT2D eigenvalue weighted by atomic mass is 9.95.